The van der Waals surface area contributed by atoms with E-state index in [9.17, 15) is 5.11 Å². The number of hydrogen-bond donors (Lipinski definition) is 2. The maximum absolute atomic E-state index is 9.28. The number of aliphatic hydroxyl groups is 1. The van der Waals surface area contributed by atoms with E-state index >= 15 is 0 Å². The Bertz CT molecular complexity index is 370. The molecule has 1 aliphatic rings. The van der Waals surface area contributed by atoms with Gasteiger partial charge in [0.05, 0.1) is 31.5 Å². The van der Waals surface area contributed by atoms with Gasteiger partial charge >= 0.3 is 0 Å². The summed E-state index contributed by atoms with van der Waals surface area (Å²) in [7, 11) is 0. The van der Waals surface area contributed by atoms with Crippen LogP contribution in [0.2, 0.25) is 0 Å². The van der Waals surface area contributed by atoms with Crippen molar-refractivity contribution >= 4 is 11.5 Å². The Morgan fingerprint density at radius 1 is 1.69 bits per heavy atom. The van der Waals surface area contributed by atoms with E-state index in [1.807, 2.05) is 17.9 Å². The summed E-state index contributed by atoms with van der Waals surface area (Å²) in [5, 5.41) is 9.28. The number of nitrogen functional groups attached to an aromatic ring is 1. The van der Waals surface area contributed by atoms with Crippen LogP contribution >= 0.6 is 0 Å². The Morgan fingerprint density at radius 2 is 2.50 bits per heavy atom. The molecule has 1 aliphatic heterocycles. The minimum Gasteiger partial charge on any atom is -0.396 e. The highest BCUT2D eigenvalue weighted by Crippen LogP contribution is 2.24. The van der Waals surface area contributed by atoms with Crippen LogP contribution in [0.4, 0.5) is 11.5 Å². The lowest BCUT2D eigenvalue weighted by molar-refractivity contribution is 0.0723. The summed E-state index contributed by atoms with van der Waals surface area (Å²) < 4.78 is 5.32. The van der Waals surface area contributed by atoms with Crippen LogP contribution in [0, 0.1) is 6.92 Å². The molecule has 0 bridgehead atoms. The second-order valence-electron chi connectivity index (χ2n) is 4.03. The highest BCUT2D eigenvalue weighted by Gasteiger charge is 2.24. The number of pyridine rings is 1. The van der Waals surface area contributed by atoms with E-state index in [1.165, 1.54) is 0 Å². The normalized spacial score (nSPS) is 21.1. The van der Waals surface area contributed by atoms with Gasteiger partial charge in [-0.1, -0.05) is 0 Å². The first-order valence-electron chi connectivity index (χ1n) is 5.39. The zero-order valence-electron chi connectivity index (χ0n) is 9.39. The predicted molar refractivity (Wildman–Crippen MR) is 62.4 cm³/mol. The molecular weight excluding hydrogens is 206 g/mol. The monoisotopic (exact) mass is 223 g/mol. The van der Waals surface area contributed by atoms with E-state index in [0.717, 1.165) is 11.4 Å². The van der Waals surface area contributed by atoms with Crippen LogP contribution < -0.4 is 10.6 Å². The summed E-state index contributed by atoms with van der Waals surface area (Å²) in [6.45, 7) is 3.88. The molecule has 88 valence electrons. The van der Waals surface area contributed by atoms with E-state index in [4.69, 9.17) is 10.5 Å². The van der Waals surface area contributed by atoms with Crippen LogP contribution in [-0.2, 0) is 4.74 Å². The number of aryl methyl sites for hydroxylation is 1. The second kappa shape index (κ2) is 4.67. The highest BCUT2D eigenvalue weighted by molar-refractivity contribution is 5.64. The lowest BCUT2D eigenvalue weighted by Gasteiger charge is -2.35. The average Bonchev–Trinajstić information content (AvgIpc) is 2.29. The number of aliphatic hydroxyl groups excluding tert-OH is 1. The zero-order valence-corrected chi connectivity index (χ0v) is 9.39. The number of nitrogens with zero attached hydrogens (tertiary/aromatic N) is 2. The fourth-order valence-corrected chi connectivity index (χ4v) is 1.91. The zero-order chi connectivity index (χ0) is 11.5. The van der Waals surface area contributed by atoms with Crippen molar-refractivity contribution in [2.75, 3.05) is 37.0 Å². The molecule has 5 nitrogen and oxygen atoms in total. The minimum atomic E-state index is -0.0498. The molecule has 2 rings (SSSR count). The average molecular weight is 223 g/mol. The summed E-state index contributed by atoms with van der Waals surface area (Å²) in [5.74, 6) is 0.743. The van der Waals surface area contributed by atoms with E-state index in [-0.39, 0.29) is 12.6 Å². The van der Waals surface area contributed by atoms with Crippen molar-refractivity contribution in [3.05, 3.63) is 17.8 Å². The van der Waals surface area contributed by atoms with Crippen LogP contribution in [0.15, 0.2) is 12.3 Å². The Kier molecular flexibility index (Phi) is 3.26. The van der Waals surface area contributed by atoms with E-state index in [1.54, 1.807) is 6.20 Å². The highest BCUT2D eigenvalue weighted by atomic mass is 16.5. The van der Waals surface area contributed by atoms with Gasteiger partial charge in [0.15, 0.2) is 5.82 Å². The number of morpholine rings is 1. The summed E-state index contributed by atoms with van der Waals surface area (Å²) in [6, 6.07) is 1.85. The summed E-state index contributed by atoms with van der Waals surface area (Å²) >= 11 is 0. The SMILES string of the molecule is Cc1cnc(N2CCOCC2CO)c(N)c1. The summed E-state index contributed by atoms with van der Waals surface area (Å²) in [6.07, 6.45) is 1.79. The Balaban J connectivity index is 2.27. The number of rotatable bonds is 2. The quantitative estimate of drug-likeness (QED) is 0.748. The fraction of sp³-hybridized carbons (Fsp3) is 0.545. The molecule has 2 heterocycles. The molecule has 1 aromatic rings. The lowest BCUT2D eigenvalue weighted by Crippen LogP contribution is -2.48. The van der Waals surface area contributed by atoms with Gasteiger partial charge in [-0.05, 0) is 18.6 Å². The number of nitrogens with two attached hydrogens (primary N) is 1. The van der Waals surface area contributed by atoms with Gasteiger partial charge in [0, 0.05) is 12.7 Å². The molecule has 1 saturated heterocycles. The van der Waals surface area contributed by atoms with Gasteiger partial charge in [0.2, 0.25) is 0 Å². The van der Waals surface area contributed by atoms with E-state index < -0.39 is 0 Å². The largest absolute Gasteiger partial charge is 0.396 e. The smallest absolute Gasteiger partial charge is 0.152 e. The van der Waals surface area contributed by atoms with Gasteiger partial charge < -0.3 is 20.5 Å². The Labute approximate surface area is 94.8 Å². The molecule has 5 heteroatoms. The molecule has 0 spiro atoms. The van der Waals surface area contributed by atoms with Crippen molar-refractivity contribution in [2.45, 2.75) is 13.0 Å². The molecule has 16 heavy (non-hydrogen) atoms. The molecule has 0 radical (unpaired) electrons. The molecule has 1 fully saturated rings. The standard InChI is InChI=1S/C11H17N3O2/c1-8-4-10(12)11(13-5-8)14-2-3-16-7-9(14)6-15/h4-5,9,15H,2-3,6-7,12H2,1H3. The third-order valence-corrected chi connectivity index (χ3v) is 2.74. The van der Waals surface area contributed by atoms with Crippen LogP contribution in [0.3, 0.4) is 0 Å². The van der Waals surface area contributed by atoms with Crippen LogP contribution in [0.25, 0.3) is 0 Å². The molecule has 0 aromatic carbocycles. The van der Waals surface area contributed by atoms with Crippen molar-refractivity contribution in [1.29, 1.82) is 0 Å². The molecular formula is C11H17N3O2. The first-order valence-corrected chi connectivity index (χ1v) is 5.39. The maximum atomic E-state index is 9.28. The molecule has 1 unspecified atom stereocenters. The summed E-state index contributed by atoms with van der Waals surface area (Å²) in [4.78, 5) is 6.35. The number of ether oxygens (including phenoxy) is 1. The molecule has 1 atom stereocenters. The number of hydrogen-bond acceptors (Lipinski definition) is 5. The topological polar surface area (TPSA) is 71.6 Å². The molecule has 0 amide bonds. The second-order valence-corrected chi connectivity index (χ2v) is 4.03. The van der Waals surface area contributed by atoms with Crippen LogP contribution in [0.5, 0.6) is 0 Å². The number of aromatic nitrogens is 1. The molecule has 1 aromatic heterocycles. The van der Waals surface area contributed by atoms with Crippen molar-refractivity contribution < 1.29 is 9.84 Å². The minimum absolute atomic E-state index is 0.0498. The molecule has 0 aliphatic carbocycles. The van der Waals surface area contributed by atoms with Gasteiger partial charge in [-0.2, -0.15) is 0 Å². The first-order chi connectivity index (χ1) is 7.72. The van der Waals surface area contributed by atoms with Crippen molar-refractivity contribution in [2.24, 2.45) is 0 Å². The van der Waals surface area contributed by atoms with E-state index in [2.05, 4.69) is 4.98 Å². The Morgan fingerprint density at radius 3 is 3.19 bits per heavy atom. The van der Waals surface area contributed by atoms with Crippen LogP contribution in [-0.4, -0.2) is 42.5 Å². The maximum Gasteiger partial charge on any atom is 0.152 e. The first kappa shape index (κ1) is 11.2. The van der Waals surface area contributed by atoms with Crippen molar-refractivity contribution in [3.63, 3.8) is 0 Å². The van der Waals surface area contributed by atoms with Crippen LogP contribution in [0.1, 0.15) is 5.56 Å². The Hall–Kier alpha value is -1.33. The summed E-state index contributed by atoms with van der Waals surface area (Å²) in [5.41, 5.74) is 7.63. The number of anilines is 2. The molecule has 0 saturated carbocycles. The van der Waals surface area contributed by atoms with Gasteiger partial charge in [0.1, 0.15) is 0 Å². The van der Waals surface area contributed by atoms with Crippen molar-refractivity contribution in [1.82, 2.24) is 4.98 Å². The van der Waals surface area contributed by atoms with Gasteiger partial charge in [-0.15, -0.1) is 0 Å². The van der Waals surface area contributed by atoms with Crippen molar-refractivity contribution in [3.8, 4) is 0 Å². The lowest BCUT2D eigenvalue weighted by atomic mass is 10.2. The predicted octanol–water partition coefficient (Wildman–Crippen LogP) is 0.170. The third kappa shape index (κ3) is 2.10. The van der Waals surface area contributed by atoms with Gasteiger partial charge in [-0.25, -0.2) is 4.98 Å². The van der Waals surface area contributed by atoms with Gasteiger partial charge in [-0.3, -0.25) is 0 Å². The van der Waals surface area contributed by atoms with Gasteiger partial charge in [0.25, 0.3) is 0 Å². The fourth-order valence-electron chi connectivity index (χ4n) is 1.91. The third-order valence-electron chi connectivity index (χ3n) is 2.74. The van der Waals surface area contributed by atoms with E-state index in [0.29, 0.717) is 25.4 Å². The molecule has 3 N–H and O–H groups in total.